The SMILES string of the molecule is Cc1cc2ccccc2nc1NCc1cccc(Cl)c1. The Kier molecular flexibility index (Phi) is 3.57. The van der Waals surface area contributed by atoms with E-state index in [2.05, 4.69) is 35.4 Å². The molecule has 3 rings (SSSR count). The zero-order chi connectivity index (χ0) is 13.9. The summed E-state index contributed by atoms with van der Waals surface area (Å²) in [4.78, 5) is 4.67. The van der Waals surface area contributed by atoms with Crippen LogP contribution in [0.25, 0.3) is 10.9 Å². The summed E-state index contributed by atoms with van der Waals surface area (Å²) in [5, 5.41) is 5.30. The van der Waals surface area contributed by atoms with E-state index in [1.54, 1.807) is 0 Å². The Balaban J connectivity index is 1.85. The predicted molar refractivity (Wildman–Crippen MR) is 85.3 cm³/mol. The number of aromatic nitrogens is 1. The highest BCUT2D eigenvalue weighted by Gasteiger charge is 2.03. The second-order valence-electron chi connectivity index (χ2n) is 4.83. The van der Waals surface area contributed by atoms with Crippen molar-refractivity contribution in [1.82, 2.24) is 4.98 Å². The molecule has 0 radical (unpaired) electrons. The van der Waals surface area contributed by atoms with E-state index in [1.165, 1.54) is 5.39 Å². The van der Waals surface area contributed by atoms with Crippen molar-refractivity contribution in [2.75, 3.05) is 5.32 Å². The van der Waals surface area contributed by atoms with Gasteiger partial charge >= 0.3 is 0 Å². The molecule has 0 saturated carbocycles. The summed E-state index contributed by atoms with van der Waals surface area (Å²) in [6, 6.07) is 18.1. The summed E-state index contributed by atoms with van der Waals surface area (Å²) in [7, 11) is 0. The molecule has 0 fully saturated rings. The van der Waals surface area contributed by atoms with Crippen molar-refractivity contribution in [1.29, 1.82) is 0 Å². The Morgan fingerprint density at radius 3 is 2.75 bits per heavy atom. The van der Waals surface area contributed by atoms with Crippen LogP contribution in [-0.2, 0) is 6.54 Å². The normalized spacial score (nSPS) is 10.7. The van der Waals surface area contributed by atoms with E-state index in [0.717, 1.165) is 27.5 Å². The molecular weight excluding hydrogens is 268 g/mol. The van der Waals surface area contributed by atoms with Gasteiger partial charge in [-0.3, -0.25) is 0 Å². The first kappa shape index (κ1) is 12.9. The fourth-order valence-corrected chi connectivity index (χ4v) is 2.45. The largest absolute Gasteiger partial charge is 0.366 e. The van der Waals surface area contributed by atoms with E-state index in [9.17, 15) is 0 Å². The molecule has 1 N–H and O–H groups in total. The number of halogens is 1. The molecule has 3 aromatic rings. The fourth-order valence-electron chi connectivity index (χ4n) is 2.23. The molecule has 100 valence electrons. The smallest absolute Gasteiger partial charge is 0.129 e. The third kappa shape index (κ3) is 2.75. The number of rotatable bonds is 3. The standard InChI is InChI=1S/C17H15ClN2/c1-12-9-14-6-2-3-8-16(14)20-17(12)19-11-13-5-4-7-15(18)10-13/h2-10H,11H2,1H3,(H,19,20). The van der Waals surface area contributed by atoms with Crippen LogP contribution in [0.5, 0.6) is 0 Å². The molecule has 1 heterocycles. The maximum absolute atomic E-state index is 5.99. The molecule has 3 heteroatoms. The third-order valence-corrected chi connectivity index (χ3v) is 3.50. The van der Waals surface area contributed by atoms with Gasteiger partial charge in [0.15, 0.2) is 0 Å². The van der Waals surface area contributed by atoms with Crippen molar-refractivity contribution in [2.24, 2.45) is 0 Å². The highest BCUT2D eigenvalue weighted by molar-refractivity contribution is 6.30. The molecule has 20 heavy (non-hydrogen) atoms. The first-order valence-electron chi connectivity index (χ1n) is 6.57. The van der Waals surface area contributed by atoms with Crippen molar-refractivity contribution < 1.29 is 0 Å². The lowest BCUT2D eigenvalue weighted by Gasteiger charge is -2.10. The third-order valence-electron chi connectivity index (χ3n) is 3.26. The van der Waals surface area contributed by atoms with Gasteiger partial charge in [0, 0.05) is 17.0 Å². The molecule has 0 aliphatic rings. The van der Waals surface area contributed by atoms with Gasteiger partial charge in [-0.05, 0) is 42.3 Å². The van der Waals surface area contributed by atoms with Crippen molar-refractivity contribution in [3.8, 4) is 0 Å². The minimum atomic E-state index is 0.715. The summed E-state index contributed by atoms with van der Waals surface area (Å²) in [5.41, 5.74) is 3.30. The highest BCUT2D eigenvalue weighted by atomic mass is 35.5. The number of nitrogens with zero attached hydrogens (tertiary/aromatic N) is 1. The number of hydrogen-bond donors (Lipinski definition) is 1. The Labute approximate surface area is 123 Å². The molecule has 0 aliphatic heterocycles. The van der Waals surface area contributed by atoms with Gasteiger partial charge in [-0.1, -0.05) is 41.9 Å². The molecule has 2 aromatic carbocycles. The molecular formula is C17H15ClN2. The number of nitrogens with one attached hydrogen (secondary N) is 1. The Morgan fingerprint density at radius 1 is 1.05 bits per heavy atom. The van der Waals surface area contributed by atoms with Crippen LogP contribution >= 0.6 is 11.6 Å². The number of anilines is 1. The minimum absolute atomic E-state index is 0.715. The van der Waals surface area contributed by atoms with Crippen LogP contribution in [0.2, 0.25) is 5.02 Å². The lowest BCUT2D eigenvalue weighted by atomic mass is 10.1. The Morgan fingerprint density at radius 2 is 1.90 bits per heavy atom. The van der Waals surface area contributed by atoms with E-state index in [4.69, 9.17) is 11.6 Å². The van der Waals surface area contributed by atoms with Crippen molar-refractivity contribution >= 4 is 28.3 Å². The average molecular weight is 283 g/mol. The van der Waals surface area contributed by atoms with E-state index < -0.39 is 0 Å². The van der Waals surface area contributed by atoms with Gasteiger partial charge in [0.25, 0.3) is 0 Å². The molecule has 0 aliphatic carbocycles. The van der Waals surface area contributed by atoms with Crippen molar-refractivity contribution in [2.45, 2.75) is 13.5 Å². The minimum Gasteiger partial charge on any atom is -0.366 e. The van der Waals surface area contributed by atoms with E-state index in [0.29, 0.717) is 6.54 Å². The zero-order valence-electron chi connectivity index (χ0n) is 11.2. The van der Waals surface area contributed by atoms with Gasteiger partial charge < -0.3 is 5.32 Å². The number of aryl methyl sites for hydroxylation is 1. The summed E-state index contributed by atoms with van der Waals surface area (Å²) < 4.78 is 0. The molecule has 0 spiro atoms. The van der Waals surface area contributed by atoms with Gasteiger partial charge in [-0.25, -0.2) is 4.98 Å². The summed E-state index contributed by atoms with van der Waals surface area (Å²) >= 11 is 5.99. The maximum atomic E-state index is 5.99. The lowest BCUT2D eigenvalue weighted by Crippen LogP contribution is -2.03. The maximum Gasteiger partial charge on any atom is 0.129 e. The van der Waals surface area contributed by atoms with Crippen LogP contribution in [0, 0.1) is 6.92 Å². The van der Waals surface area contributed by atoms with Gasteiger partial charge in [0.1, 0.15) is 5.82 Å². The molecule has 0 unspecified atom stereocenters. The molecule has 0 atom stereocenters. The molecule has 2 nitrogen and oxygen atoms in total. The van der Waals surface area contributed by atoms with Gasteiger partial charge in [-0.2, -0.15) is 0 Å². The van der Waals surface area contributed by atoms with E-state index in [1.807, 2.05) is 36.4 Å². The van der Waals surface area contributed by atoms with Crippen LogP contribution < -0.4 is 5.32 Å². The van der Waals surface area contributed by atoms with Crippen LogP contribution in [0.15, 0.2) is 54.6 Å². The quantitative estimate of drug-likeness (QED) is 0.746. The first-order chi connectivity index (χ1) is 9.72. The lowest BCUT2D eigenvalue weighted by molar-refractivity contribution is 1.11. The van der Waals surface area contributed by atoms with E-state index >= 15 is 0 Å². The Bertz CT molecular complexity index is 753. The topological polar surface area (TPSA) is 24.9 Å². The van der Waals surface area contributed by atoms with Gasteiger partial charge in [0.05, 0.1) is 5.52 Å². The summed E-state index contributed by atoms with van der Waals surface area (Å²) in [6.45, 7) is 2.78. The predicted octanol–water partition coefficient (Wildman–Crippen LogP) is 4.81. The molecule has 0 bridgehead atoms. The molecule has 1 aromatic heterocycles. The number of pyridine rings is 1. The van der Waals surface area contributed by atoms with E-state index in [-0.39, 0.29) is 0 Å². The number of benzene rings is 2. The van der Waals surface area contributed by atoms with Crippen molar-refractivity contribution in [3.63, 3.8) is 0 Å². The molecule has 0 saturated heterocycles. The first-order valence-corrected chi connectivity index (χ1v) is 6.95. The second-order valence-corrected chi connectivity index (χ2v) is 5.27. The average Bonchev–Trinajstić information content (AvgIpc) is 2.45. The molecule has 0 amide bonds. The van der Waals surface area contributed by atoms with Crippen LogP contribution in [0.4, 0.5) is 5.82 Å². The fraction of sp³-hybridized carbons (Fsp3) is 0.118. The van der Waals surface area contributed by atoms with Crippen LogP contribution in [-0.4, -0.2) is 4.98 Å². The Hall–Kier alpha value is -2.06. The number of hydrogen-bond acceptors (Lipinski definition) is 2. The monoisotopic (exact) mass is 282 g/mol. The number of para-hydroxylation sites is 1. The van der Waals surface area contributed by atoms with Gasteiger partial charge in [0.2, 0.25) is 0 Å². The van der Waals surface area contributed by atoms with Crippen LogP contribution in [0.1, 0.15) is 11.1 Å². The highest BCUT2D eigenvalue weighted by Crippen LogP contribution is 2.20. The number of fused-ring (bicyclic) bond motifs is 1. The van der Waals surface area contributed by atoms with Gasteiger partial charge in [-0.15, -0.1) is 0 Å². The summed E-state index contributed by atoms with van der Waals surface area (Å²) in [5.74, 6) is 0.920. The zero-order valence-corrected chi connectivity index (χ0v) is 12.0. The summed E-state index contributed by atoms with van der Waals surface area (Å²) in [6.07, 6.45) is 0. The second kappa shape index (κ2) is 5.51. The van der Waals surface area contributed by atoms with Crippen LogP contribution in [0.3, 0.4) is 0 Å². The van der Waals surface area contributed by atoms with Crippen molar-refractivity contribution in [3.05, 3.63) is 70.7 Å².